The number of likely N-dealkylation sites (N-methyl/N-ethyl adjacent to an activating group) is 1. The van der Waals surface area contributed by atoms with E-state index >= 15 is 0 Å². The first-order valence-corrected chi connectivity index (χ1v) is 6.82. The monoisotopic (exact) mass is 299 g/mol. The zero-order chi connectivity index (χ0) is 16.1. The first-order chi connectivity index (χ1) is 10.5. The van der Waals surface area contributed by atoms with Crippen molar-refractivity contribution in [3.8, 4) is 0 Å². The van der Waals surface area contributed by atoms with Crippen LogP contribution in [0.5, 0.6) is 0 Å². The van der Waals surface area contributed by atoms with Gasteiger partial charge < -0.3 is 10.0 Å². The molecule has 1 aromatic heterocycles. The van der Waals surface area contributed by atoms with Crippen molar-refractivity contribution in [2.75, 3.05) is 13.6 Å². The van der Waals surface area contributed by atoms with Crippen LogP contribution >= 0.6 is 0 Å². The lowest BCUT2D eigenvalue weighted by Gasteiger charge is -2.17. The van der Waals surface area contributed by atoms with E-state index in [1.54, 1.807) is 49.6 Å². The molecule has 0 fully saturated rings. The van der Waals surface area contributed by atoms with Gasteiger partial charge in [0.1, 0.15) is 0 Å². The van der Waals surface area contributed by atoms with Gasteiger partial charge in [-0.05, 0) is 30.7 Å². The maximum atomic E-state index is 12.4. The highest BCUT2D eigenvalue weighted by molar-refractivity contribution is 5.97. The van der Waals surface area contributed by atoms with Crippen LogP contribution in [0.25, 0.3) is 0 Å². The minimum atomic E-state index is -1.04. The smallest absolute Gasteiger partial charge is 0.335 e. The summed E-state index contributed by atoms with van der Waals surface area (Å²) in [4.78, 5) is 33.1. The second-order valence-corrected chi connectivity index (χ2v) is 5.07. The maximum Gasteiger partial charge on any atom is 0.335 e. The lowest BCUT2D eigenvalue weighted by Crippen LogP contribution is -2.29. The number of hydrogen-bond acceptors (Lipinski definition) is 4. The summed E-state index contributed by atoms with van der Waals surface area (Å²) in [6.45, 7) is 2.25. The van der Waals surface area contributed by atoms with Crippen molar-refractivity contribution in [1.29, 1.82) is 0 Å². The number of aromatic nitrogens is 2. The predicted molar refractivity (Wildman–Crippen MR) is 80.8 cm³/mol. The quantitative estimate of drug-likeness (QED) is 0.910. The number of benzene rings is 1. The van der Waals surface area contributed by atoms with Crippen molar-refractivity contribution >= 4 is 11.9 Å². The molecule has 6 nitrogen and oxygen atoms in total. The molecular formula is C16H17N3O3. The van der Waals surface area contributed by atoms with Gasteiger partial charge in [0.15, 0.2) is 0 Å². The molecule has 22 heavy (non-hydrogen) atoms. The van der Waals surface area contributed by atoms with Crippen molar-refractivity contribution in [1.82, 2.24) is 14.9 Å². The van der Waals surface area contributed by atoms with Crippen molar-refractivity contribution in [2.24, 2.45) is 0 Å². The van der Waals surface area contributed by atoms with E-state index in [1.165, 1.54) is 6.07 Å². The molecule has 0 saturated heterocycles. The predicted octanol–water partition coefficient (Wildman–Crippen LogP) is 1.80. The lowest BCUT2D eigenvalue weighted by atomic mass is 10.1. The van der Waals surface area contributed by atoms with Gasteiger partial charge in [-0.3, -0.25) is 14.8 Å². The Morgan fingerprint density at radius 2 is 1.91 bits per heavy atom. The average molecular weight is 299 g/mol. The van der Waals surface area contributed by atoms with E-state index in [4.69, 9.17) is 5.11 Å². The fourth-order valence-corrected chi connectivity index (χ4v) is 2.09. The Morgan fingerprint density at radius 3 is 2.55 bits per heavy atom. The highest BCUT2D eigenvalue weighted by Crippen LogP contribution is 2.12. The molecule has 2 aromatic rings. The second-order valence-electron chi connectivity index (χ2n) is 5.07. The minimum absolute atomic E-state index is 0.116. The Bertz CT molecular complexity index is 686. The molecule has 0 bridgehead atoms. The Labute approximate surface area is 128 Å². The number of hydrogen-bond donors (Lipinski definition) is 1. The molecule has 0 aliphatic heterocycles. The fourth-order valence-electron chi connectivity index (χ4n) is 2.09. The number of aromatic carboxylic acids is 1. The molecule has 114 valence electrons. The van der Waals surface area contributed by atoms with Crippen molar-refractivity contribution in [3.05, 3.63) is 59.2 Å². The van der Waals surface area contributed by atoms with Gasteiger partial charge in [-0.25, -0.2) is 4.79 Å². The molecule has 6 heteroatoms. The molecule has 1 N–H and O–H groups in total. The Hall–Kier alpha value is -2.76. The van der Waals surface area contributed by atoms with Gasteiger partial charge in [0.2, 0.25) is 0 Å². The number of nitrogens with zero attached hydrogens (tertiary/aromatic N) is 3. The van der Waals surface area contributed by atoms with Crippen LogP contribution in [0.4, 0.5) is 0 Å². The highest BCUT2D eigenvalue weighted by Gasteiger charge is 2.15. The van der Waals surface area contributed by atoms with Gasteiger partial charge in [-0.1, -0.05) is 0 Å². The summed E-state index contributed by atoms with van der Waals surface area (Å²) < 4.78 is 0. The van der Waals surface area contributed by atoms with Crippen LogP contribution in [-0.4, -0.2) is 45.4 Å². The third kappa shape index (κ3) is 3.88. The Kier molecular flexibility index (Phi) is 4.83. The zero-order valence-electron chi connectivity index (χ0n) is 12.5. The van der Waals surface area contributed by atoms with E-state index in [0.717, 1.165) is 11.3 Å². The Morgan fingerprint density at radius 1 is 1.18 bits per heavy atom. The van der Waals surface area contributed by atoms with Crippen LogP contribution in [0.2, 0.25) is 0 Å². The van der Waals surface area contributed by atoms with E-state index in [0.29, 0.717) is 18.5 Å². The molecule has 0 aliphatic rings. The van der Waals surface area contributed by atoms with Crippen LogP contribution < -0.4 is 0 Å². The molecule has 1 amide bonds. The standard InChI is InChI=1S/C16H17N3O3/c1-11-7-12(9-13(8-11)16(21)22)15(20)19(2)6-3-14-10-17-4-5-18-14/h4-5,7-10H,3,6H2,1-2H3,(H,21,22). The van der Waals surface area contributed by atoms with Crippen LogP contribution in [0, 0.1) is 6.92 Å². The zero-order valence-corrected chi connectivity index (χ0v) is 12.5. The maximum absolute atomic E-state index is 12.4. The molecule has 0 unspecified atom stereocenters. The number of carboxylic acids is 1. The summed E-state index contributed by atoms with van der Waals surface area (Å²) in [5, 5.41) is 9.07. The topological polar surface area (TPSA) is 83.4 Å². The largest absolute Gasteiger partial charge is 0.478 e. The van der Waals surface area contributed by atoms with Crippen LogP contribution in [0.1, 0.15) is 32.0 Å². The highest BCUT2D eigenvalue weighted by atomic mass is 16.4. The lowest BCUT2D eigenvalue weighted by molar-refractivity contribution is 0.0696. The molecule has 1 heterocycles. The number of rotatable bonds is 5. The Balaban J connectivity index is 2.08. The fraction of sp³-hybridized carbons (Fsp3) is 0.250. The molecule has 2 rings (SSSR count). The molecule has 0 atom stereocenters. The molecule has 0 spiro atoms. The van der Waals surface area contributed by atoms with Crippen molar-refractivity contribution in [2.45, 2.75) is 13.3 Å². The second kappa shape index (κ2) is 6.80. The van der Waals surface area contributed by atoms with E-state index in [2.05, 4.69) is 9.97 Å². The van der Waals surface area contributed by atoms with E-state index in [1.807, 2.05) is 0 Å². The summed E-state index contributed by atoms with van der Waals surface area (Å²) in [5.41, 5.74) is 2.04. The van der Waals surface area contributed by atoms with E-state index in [9.17, 15) is 9.59 Å². The summed E-state index contributed by atoms with van der Waals surface area (Å²) >= 11 is 0. The minimum Gasteiger partial charge on any atom is -0.478 e. The van der Waals surface area contributed by atoms with Gasteiger partial charge in [-0.2, -0.15) is 0 Å². The van der Waals surface area contributed by atoms with Gasteiger partial charge in [0.05, 0.1) is 11.3 Å². The summed E-state index contributed by atoms with van der Waals surface area (Å²) in [7, 11) is 1.68. The summed E-state index contributed by atoms with van der Waals surface area (Å²) in [5.74, 6) is -1.25. The number of carbonyl (C=O) groups excluding carboxylic acids is 1. The average Bonchev–Trinajstić information content (AvgIpc) is 2.52. The van der Waals surface area contributed by atoms with Gasteiger partial charge in [0, 0.05) is 44.2 Å². The van der Waals surface area contributed by atoms with Crippen LogP contribution in [0.15, 0.2) is 36.8 Å². The van der Waals surface area contributed by atoms with Crippen molar-refractivity contribution in [3.63, 3.8) is 0 Å². The molecule has 0 radical (unpaired) electrons. The van der Waals surface area contributed by atoms with Gasteiger partial charge in [0.25, 0.3) is 5.91 Å². The van der Waals surface area contributed by atoms with E-state index in [-0.39, 0.29) is 11.5 Å². The van der Waals surface area contributed by atoms with Gasteiger partial charge in [-0.15, -0.1) is 0 Å². The molecule has 0 aliphatic carbocycles. The van der Waals surface area contributed by atoms with Crippen molar-refractivity contribution < 1.29 is 14.7 Å². The third-order valence-corrected chi connectivity index (χ3v) is 3.24. The first kappa shape index (κ1) is 15.6. The third-order valence-electron chi connectivity index (χ3n) is 3.24. The number of aryl methyl sites for hydroxylation is 1. The van der Waals surface area contributed by atoms with E-state index < -0.39 is 5.97 Å². The number of carboxylic acid groups (broad SMARTS) is 1. The number of carbonyl (C=O) groups is 2. The molecule has 0 saturated carbocycles. The van der Waals surface area contributed by atoms with Crippen LogP contribution in [0.3, 0.4) is 0 Å². The summed E-state index contributed by atoms with van der Waals surface area (Å²) in [6.07, 6.45) is 5.45. The molecular weight excluding hydrogens is 282 g/mol. The SMILES string of the molecule is Cc1cc(C(=O)O)cc(C(=O)N(C)CCc2cnccn2)c1. The van der Waals surface area contributed by atoms with Crippen LogP contribution in [-0.2, 0) is 6.42 Å². The summed E-state index contributed by atoms with van der Waals surface area (Å²) in [6, 6.07) is 4.63. The molecule has 1 aromatic carbocycles. The first-order valence-electron chi connectivity index (χ1n) is 6.82. The normalized spacial score (nSPS) is 10.3. The number of amides is 1. The van der Waals surface area contributed by atoms with Gasteiger partial charge >= 0.3 is 5.97 Å².